The van der Waals surface area contributed by atoms with Crippen molar-refractivity contribution in [3.63, 3.8) is 0 Å². The topological polar surface area (TPSA) is 428 Å². The van der Waals surface area contributed by atoms with Gasteiger partial charge in [-0.05, 0) is 101 Å². The Bertz CT molecular complexity index is 7420. The van der Waals surface area contributed by atoms with E-state index in [0.717, 1.165) is 135 Å². The van der Waals surface area contributed by atoms with Crippen molar-refractivity contribution < 1.29 is 23.6 Å². The van der Waals surface area contributed by atoms with Crippen LogP contribution in [0.4, 0.5) is 32.8 Å². The molecule has 0 unspecified atom stereocenters. The van der Waals surface area contributed by atoms with Crippen molar-refractivity contribution in [2.24, 2.45) is 17.8 Å². The number of piperidine rings is 5. The molecular weight excluding hydrogens is 1850 g/mol. The van der Waals surface area contributed by atoms with Gasteiger partial charge in [-0.15, -0.1) is 56.7 Å². The molecule has 0 spiro atoms. The number of thiazole rings is 5. The van der Waals surface area contributed by atoms with Crippen LogP contribution in [0.15, 0.2) is 122 Å². The number of alkyl halides is 1. The molecule has 34 nitrogen and oxygen atoms in total. The van der Waals surface area contributed by atoms with E-state index in [9.17, 15) is 49.9 Å². The lowest BCUT2D eigenvalue weighted by Gasteiger charge is -2.39. The fourth-order valence-corrected chi connectivity index (χ4v) is 25.3. The van der Waals surface area contributed by atoms with Gasteiger partial charge in [0.2, 0.25) is 17.7 Å². The Kier molecular flexibility index (Phi) is 26.8. The lowest BCUT2D eigenvalue weighted by Crippen LogP contribution is -2.49. The van der Waals surface area contributed by atoms with Crippen LogP contribution in [0.2, 0.25) is 0 Å². The number of nitrogens with one attached hydrogen (secondary N) is 6. The first-order valence-corrected chi connectivity index (χ1v) is 51.0. The average molecular weight is 1950 g/mol. The van der Waals surface area contributed by atoms with Gasteiger partial charge in [0, 0.05) is 282 Å². The summed E-state index contributed by atoms with van der Waals surface area (Å²) in [5.74, 6) is -0.955. The minimum atomic E-state index is -0.691. The van der Waals surface area contributed by atoms with Gasteiger partial charge in [0.1, 0.15) is 79.2 Å². The summed E-state index contributed by atoms with van der Waals surface area (Å²) in [5, 5.41) is 81.8. The van der Waals surface area contributed by atoms with E-state index in [1.807, 2.05) is 80.8 Å². The maximum Gasteiger partial charge on any atom is 0.236 e. The molecule has 15 aromatic rings. The highest BCUT2D eigenvalue weighted by Crippen LogP contribution is 2.47. The number of ketones is 1. The molecule has 20 rings (SSSR count). The first-order chi connectivity index (χ1) is 67.7. The SMILES string of the molecule is CC(=O)c1cnc(-c2cnc3c(ccn3C[C@H]3C[C@@H](Nc4c(-c5nc(C)cs5)cnc5c4ccn5[C@H]4C[C@@H](Nc5c(-c6ncc(C)s6)cnc6c5ccn6C[C@H]5C[C@@H](Nc6c(-c7nc(C)cs7)cnc7[nH]ccc67)CN(CCC#N)C5)CN(CCC#N)C4)CN(C(=O)CC#N)C3)c2N[C@@H]2C[C@H](n3ccc4c(N[C@@H]5C[C@H](C)CN(C(=O)CC#N)C5)c(-c5ncc(CF)s5)cnc43)CN(C(=O)CC#N)C2)s1. The van der Waals surface area contributed by atoms with Crippen LogP contribution in [0.25, 0.3) is 108 Å². The van der Waals surface area contributed by atoms with Crippen LogP contribution in [-0.2, 0) is 34.1 Å². The zero-order valence-electron chi connectivity index (χ0n) is 77.3. The Labute approximate surface area is 820 Å². The maximum atomic E-state index is 14.5. The smallest absolute Gasteiger partial charge is 0.236 e. The molecule has 0 radical (unpaired) electrons. The predicted molar refractivity (Wildman–Crippen MR) is 538 cm³/mol. The molecule has 0 aromatic carbocycles. The van der Waals surface area contributed by atoms with Gasteiger partial charge < -0.3 is 64.5 Å². The number of carbonyl (C=O) groups is 4. The van der Waals surface area contributed by atoms with Gasteiger partial charge in [-0.3, -0.25) is 29.0 Å². The van der Waals surface area contributed by atoms with E-state index in [-0.39, 0.29) is 104 Å². The average Bonchev–Trinajstić information content (AvgIpc) is 1.59. The van der Waals surface area contributed by atoms with E-state index >= 15 is 0 Å². The molecule has 5 fully saturated rings. The summed E-state index contributed by atoms with van der Waals surface area (Å²) < 4.78 is 23.0. The van der Waals surface area contributed by atoms with Gasteiger partial charge in [0.05, 0.1) is 102 Å². The minimum Gasteiger partial charge on any atom is -0.380 e. The van der Waals surface area contributed by atoms with Crippen LogP contribution in [0, 0.1) is 95.2 Å². The van der Waals surface area contributed by atoms with Crippen LogP contribution >= 0.6 is 56.7 Å². The molecule has 708 valence electrons. The highest BCUT2D eigenvalue weighted by Gasteiger charge is 2.40. The Morgan fingerprint density at radius 1 is 0.439 bits per heavy atom. The van der Waals surface area contributed by atoms with Crippen LogP contribution in [0.5, 0.6) is 0 Å². The van der Waals surface area contributed by atoms with Gasteiger partial charge >= 0.3 is 0 Å². The maximum absolute atomic E-state index is 14.5. The Morgan fingerprint density at radius 2 is 0.871 bits per heavy atom. The van der Waals surface area contributed by atoms with E-state index in [2.05, 4.69) is 139 Å². The number of fused-ring (bicyclic) bond motifs is 5. The third-order valence-electron chi connectivity index (χ3n) is 27.2. The monoisotopic (exact) mass is 1950 g/mol. The Hall–Kier alpha value is -14.0. The molecule has 0 aliphatic carbocycles. The molecule has 139 heavy (non-hydrogen) atoms. The van der Waals surface area contributed by atoms with Gasteiger partial charge in [-0.25, -0.2) is 54.2 Å². The quantitative estimate of drug-likeness (QED) is 0.0228. The van der Waals surface area contributed by atoms with Crippen molar-refractivity contribution in [2.45, 2.75) is 161 Å². The van der Waals surface area contributed by atoms with E-state index < -0.39 is 18.8 Å². The van der Waals surface area contributed by atoms with Crippen LogP contribution in [0.3, 0.4) is 0 Å². The number of hydrogen-bond acceptors (Lipinski definition) is 31. The summed E-state index contributed by atoms with van der Waals surface area (Å²) in [6.07, 6.45) is 27.5. The van der Waals surface area contributed by atoms with Crippen molar-refractivity contribution in [3.8, 4) is 83.2 Å². The number of likely N-dealkylation sites (tertiary alicyclic amines) is 5. The number of H-pyrrole nitrogens is 1. The van der Waals surface area contributed by atoms with Gasteiger partial charge in [-0.1, -0.05) is 6.92 Å². The third kappa shape index (κ3) is 19.3. The van der Waals surface area contributed by atoms with E-state index in [0.29, 0.717) is 151 Å². The summed E-state index contributed by atoms with van der Waals surface area (Å²) >= 11 is 7.23. The molecule has 5 aliphatic heterocycles. The second kappa shape index (κ2) is 40.2. The number of aromatic nitrogens is 15. The zero-order chi connectivity index (χ0) is 95.8. The number of hydrogen-bond donors (Lipinski definition) is 6. The Balaban J connectivity index is 0.594. The van der Waals surface area contributed by atoms with Crippen LogP contribution in [0.1, 0.15) is 121 Å². The number of rotatable bonds is 30. The molecule has 0 saturated carbocycles. The zero-order valence-corrected chi connectivity index (χ0v) is 81.4. The van der Waals surface area contributed by atoms with Crippen molar-refractivity contribution in [2.75, 3.05) is 105 Å². The molecule has 10 atom stereocenters. The molecular formula is C99H101FN30O4S5. The molecule has 15 aromatic heterocycles. The third-order valence-corrected chi connectivity index (χ3v) is 32.3. The first-order valence-electron chi connectivity index (χ1n) is 46.8. The summed E-state index contributed by atoms with van der Waals surface area (Å²) in [5.41, 5.74) is 13.4. The molecule has 40 heteroatoms. The fraction of sp³-hybridized carbons (Fsp3) is 0.404. The molecule has 0 bridgehead atoms. The lowest BCUT2D eigenvalue weighted by atomic mass is 9.93. The number of aromatic amines is 1. The summed E-state index contributed by atoms with van der Waals surface area (Å²) in [6.45, 7) is 16.0. The van der Waals surface area contributed by atoms with Gasteiger partial charge in [0.25, 0.3) is 0 Å². The molecule has 20 heterocycles. The molecule has 5 saturated heterocycles. The van der Waals surface area contributed by atoms with E-state index in [4.69, 9.17) is 44.9 Å². The number of carbonyl (C=O) groups excluding carboxylic acids is 4. The van der Waals surface area contributed by atoms with Gasteiger partial charge in [0.15, 0.2) is 5.78 Å². The van der Waals surface area contributed by atoms with Crippen molar-refractivity contribution in [1.29, 1.82) is 26.3 Å². The van der Waals surface area contributed by atoms with Crippen LogP contribution < -0.4 is 26.6 Å². The number of amides is 3. The van der Waals surface area contributed by atoms with Crippen molar-refractivity contribution in [3.05, 3.63) is 148 Å². The van der Waals surface area contributed by atoms with Gasteiger partial charge in [-0.2, -0.15) is 26.3 Å². The second-order valence-electron chi connectivity index (χ2n) is 37.3. The number of aryl methyl sites for hydroxylation is 3. The fourth-order valence-electron chi connectivity index (χ4n) is 21.2. The minimum absolute atomic E-state index is 0.0365. The normalized spacial score (nSPS) is 20.4. The highest BCUT2D eigenvalue weighted by molar-refractivity contribution is 7.17. The van der Waals surface area contributed by atoms with E-state index in [1.54, 1.807) is 56.0 Å². The standard InChI is InChI=1S/C99H101FN30O4S5/c1-56-28-63(49-126(42-56)82(132)8-18-103)117-88-74-15-27-130(94(74)110-39-77(88)96-113-35-70(33-100)138-96)69-32-67(51-128(53-69)84(134)10-20-105)121-87-73-13-25-125(92(73)109-38-78(87)97-114-41-81(139-97)60(5)131)45-62-30-65(50-127(46-62)83(133)9-19-104)119-89-75-14-26-129(93(75)111-40-80(89)99-116-58(3)55-136-99)68-31-66(48-123(52-68)23-7-17-102)120-86-72-12-24-124(91(72)108-37-76(86)95-112-34-59(4)137-95)44-61-29-64(47-122(43-61)22-6-16-101)118-85-71-11-21-106-90(71)107-36-79(85)98-115-57(2)54-135-98/h11-15,21,24-27,34-41,54-56,61-69H,6-10,22-23,28-33,42-53H2,1-5H3,(H,108,120)(H,109,121)(H,110,117)(H,111,119)(H2,106,107,118)/t56-,61-,62+,63+,64+,65+,66+,67+,68-,69-/m0/s1. The number of pyridine rings is 5. The largest absolute Gasteiger partial charge is 0.380 e. The van der Waals surface area contributed by atoms with Crippen molar-refractivity contribution in [1.82, 2.24) is 97.6 Å². The lowest BCUT2D eigenvalue weighted by molar-refractivity contribution is -0.132. The number of Topliss-reactive ketones (excluding diaryl/α,β-unsaturated/α-hetero) is 1. The molecule has 6 N–H and O–H groups in total. The summed E-state index contributed by atoms with van der Waals surface area (Å²) in [6, 6.07) is 19.7. The van der Waals surface area contributed by atoms with Crippen LogP contribution in [-0.4, -0.2) is 230 Å². The summed E-state index contributed by atoms with van der Waals surface area (Å²) in [4.78, 5) is 121. The second-order valence-corrected chi connectivity index (χ2v) is 42.4. The number of nitriles is 5. The van der Waals surface area contributed by atoms with Crippen molar-refractivity contribution >= 4 is 164 Å². The summed E-state index contributed by atoms with van der Waals surface area (Å²) in [7, 11) is 0. The number of anilines is 5. The number of nitrogens with zero attached hydrogens (tertiary/aromatic N) is 24. The highest BCUT2D eigenvalue weighted by atomic mass is 32.1. The van der Waals surface area contributed by atoms with E-state index in [1.165, 1.54) is 47.1 Å². The molecule has 5 aliphatic rings. The first kappa shape index (κ1) is 92.7. The predicted octanol–water partition coefficient (Wildman–Crippen LogP) is 16.5. The number of halogens is 1. The molecule has 3 amide bonds. The Morgan fingerprint density at radius 3 is 1.37 bits per heavy atom.